The predicted molar refractivity (Wildman–Crippen MR) is 110 cm³/mol. The Bertz CT molecular complexity index is 1010. The van der Waals surface area contributed by atoms with Crippen LogP contribution in [0.5, 0.6) is 5.75 Å². The van der Waals surface area contributed by atoms with E-state index >= 15 is 0 Å². The third kappa shape index (κ3) is 3.60. The summed E-state index contributed by atoms with van der Waals surface area (Å²) in [5.41, 5.74) is 5.51. The van der Waals surface area contributed by atoms with Gasteiger partial charge in [0.1, 0.15) is 5.75 Å². The van der Waals surface area contributed by atoms with Crippen LogP contribution >= 0.6 is 0 Å². The molecule has 2 aromatic carbocycles. The average molecular weight is 373 g/mol. The molecule has 0 saturated carbocycles. The Morgan fingerprint density at radius 1 is 0.964 bits per heavy atom. The van der Waals surface area contributed by atoms with Crippen molar-refractivity contribution in [2.45, 2.75) is 32.6 Å². The summed E-state index contributed by atoms with van der Waals surface area (Å²) in [7, 11) is 1.64. The van der Waals surface area contributed by atoms with Gasteiger partial charge in [0.2, 0.25) is 5.95 Å². The molecular formula is C23H23N3O2. The van der Waals surface area contributed by atoms with Crippen LogP contribution in [0, 0.1) is 13.8 Å². The number of methoxy groups -OCH3 is 1. The minimum atomic E-state index is 0.125. The molecule has 1 heterocycles. The summed E-state index contributed by atoms with van der Waals surface area (Å²) in [4.78, 5) is 22.0. The lowest BCUT2D eigenvalue weighted by atomic mass is 9.81. The van der Waals surface area contributed by atoms with Crippen molar-refractivity contribution in [1.82, 2.24) is 9.97 Å². The zero-order chi connectivity index (χ0) is 19.7. The summed E-state index contributed by atoms with van der Waals surface area (Å²) in [6.45, 7) is 3.95. The van der Waals surface area contributed by atoms with Crippen LogP contribution in [0.1, 0.15) is 45.2 Å². The van der Waals surface area contributed by atoms with Crippen molar-refractivity contribution < 1.29 is 9.53 Å². The second-order valence-electron chi connectivity index (χ2n) is 7.25. The van der Waals surface area contributed by atoms with E-state index in [0.29, 0.717) is 17.9 Å². The topological polar surface area (TPSA) is 64.1 Å². The third-order valence-electron chi connectivity index (χ3n) is 5.21. The van der Waals surface area contributed by atoms with E-state index in [1.54, 1.807) is 7.11 Å². The number of nitrogens with zero attached hydrogens (tertiary/aromatic N) is 2. The Morgan fingerprint density at radius 2 is 1.68 bits per heavy atom. The van der Waals surface area contributed by atoms with E-state index in [2.05, 4.69) is 46.5 Å². The Morgan fingerprint density at radius 3 is 2.36 bits per heavy atom. The van der Waals surface area contributed by atoms with Gasteiger partial charge in [-0.25, -0.2) is 9.97 Å². The molecule has 0 saturated heterocycles. The van der Waals surface area contributed by atoms with E-state index < -0.39 is 0 Å². The molecule has 0 spiro atoms. The first kappa shape index (κ1) is 18.2. The first-order valence-electron chi connectivity index (χ1n) is 9.42. The second-order valence-corrected chi connectivity index (χ2v) is 7.25. The number of ketones is 1. The summed E-state index contributed by atoms with van der Waals surface area (Å²) in [6.07, 6.45) is 1.25. The van der Waals surface area contributed by atoms with Gasteiger partial charge in [-0.15, -0.1) is 0 Å². The van der Waals surface area contributed by atoms with Crippen molar-refractivity contribution >= 4 is 17.4 Å². The standard InChI is InChI=1S/C23H23N3O2/c1-14-4-6-16(7-5-14)17-12-20-22(21(27)13-17)15(2)24-23(26-20)25-18-8-10-19(28-3)11-9-18/h4-11,17H,12-13H2,1-3H3,(H,24,25,26)/t17-/m1/s1. The summed E-state index contributed by atoms with van der Waals surface area (Å²) < 4.78 is 5.19. The number of anilines is 2. The van der Waals surface area contributed by atoms with Gasteiger partial charge in [0, 0.05) is 12.1 Å². The first-order chi connectivity index (χ1) is 13.5. The van der Waals surface area contributed by atoms with Crippen molar-refractivity contribution in [3.05, 3.63) is 76.6 Å². The van der Waals surface area contributed by atoms with Gasteiger partial charge in [-0.3, -0.25) is 4.79 Å². The van der Waals surface area contributed by atoms with E-state index in [9.17, 15) is 4.79 Å². The van der Waals surface area contributed by atoms with Crippen LogP contribution in [0.4, 0.5) is 11.6 Å². The molecule has 0 amide bonds. The number of hydrogen-bond donors (Lipinski definition) is 1. The molecule has 1 atom stereocenters. The molecule has 1 aliphatic carbocycles. The molecule has 28 heavy (non-hydrogen) atoms. The number of ether oxygens (including phenoxy) is 1. The Hall–Kier alpha value is -3.21. The Balaban J connectivity index is 1.63. The molecule has 0 fully saturated rings. The van der Waals surface area contributed by atoms with Crippen molar-refractivity contribution in [1.29, 1.82) is 0 Å². The van der Waals surface area contributed by atoms with Crippen molar-refractivity contribution in [2.75, 3.05) is 12.4 Å². The van der Waals surface area contributed by atoms with Gasteiger partial charge in [-0.1, -0.05) is 29.8 Å². The normalized spacial score (nSPS) is 15.8. The monoisotopic (exact) mass is 373 g/mol. The molecule has 5 nitrogen and oxygen atoms in total. The van der Waals surface area contributed by atoms with Gasteiger partial charge in [0.05, 0.1) is 24.1 Å². The molecule has 3 aromatic rings. The fraction of sp³-hybridized carbons (Fsp3) is 0.261. The number of nitrogens with one attached hydrogen (secondary N) is 1. The molecule has 142 valence electrons. The van der Waals surface area contributed by atoms with Gasteiger partial charge < -0.3 is 10.1 Å². The molecule has 1 aliphatic rings. The highest BCUT2D eigenvalue weighted by Crippen LogP contribution is 2.33. The number of carbonyl (C=O) groups excluding carboxylic acids is 1. The van der Waals surface area contributed by atoms with Crippen LogP contribution in [0.2, 0.25) is 0 Å². The number of aryl methyl sites for hydroxylation is 2. The van der Waals surface area contributed by atoms with Crippen molar-refractivity contribution in [3.8, 4) is 5.75 Å². The van der Waals surface area contributed by atoms with Crippen molar-refractivity contribution in [2.24, 2.45) is 0 Å². The van der Waals surface area contributed by atoms with Crippen LogP contribution in [-0.2, 0) is 6.42 Å². The minimum absolute atomic E-state index is 0.125. The fourth-order valence-corrected chi connectivity index (χ4v) is 3.71. The number of rotatable bonds is 4. The zero-order valence-corrected chi connectivity index (χ0v) is 16.3. The third-order valence-corrected chi connectivity index (χ3v) is 5.21. The lowest BCUT2D eigenvalue weighted by Crippen LogP contribution is -2.22. The average Bonchev–Trinajstić information content (AvgIpc) is 2.68. The number of benzene rings is 2. The largest absolute Gasteiger partial charge is 0.497 e. The number of carbonyl (C=O) groups is 1. The van der Waals surface area contributed by atoms with Crippen LogP contribution in [0.3, 0.4) is 0 Å². The maximum atomic E-state index is 12.8. The van der Waals surface area contributed by atoms with Crippen LogP contribution in [0.15, 0.2) is 48.5 Å². The molecule has 1 aromatic heterocycles. The van der Waals surface area contributed by atoms with Gasteiger partial charge in [0.15, 0.2) is 5.78 Å². The minimum Gasteiger partial charge on any atom is -0.497 e. The molecule has 4 rings (SSSR count). The molecule has 5 heteroatoms. The van der Waals surface area contributed by atoms with E-state index in [4.69, 9.17) is 4.74 Å². The maximum Gasteiger partial charge on any atom is 0.227 e. The number of fused-ring (bicyclic) bond motifs is 1. The van der Waals surface area contributed by atoms with Crippen LogP contribution in [0.25, 0.3) is 0 Å². The zero-order valence-electron chi connectivity index (χ0n) is 16.3. The van der Waals surface area contributed by atoms with Gasteiger partial charge >= 0.3 is 0 Å². The SMILES string of the molecule is COc1ccc(Nc2nc(C)c3c(n2)C[C@@H](c2ccc(C)cc2)CC3=O)cc1. The molecule has 1 N–H and O–H groups in total. The highest BCUT2D eigenvalue weighted by Gasteiger charge is 2.29. The van der Waals surface area contributed by atoms with Gasteiger partial charge in [-0.2, -0.15) is 0 Å². The molecule has 0 unspecified atom stereocenters. The molecule has 0 bridgehead atoms. The van der Waals surface area contributed by atoms with E-state index in [-0.39, 0.29) is 11.7 Å². The molecule has 0 radical (unpaired) electrons. The van der Waals surface area contributed by atoms with E-state index in [1.165, 1.54) is 11.1 Å². The highest BCUT2D eigenvalue weighted by atomic mass is 16.5. The van der Waals surface area contributed by atoms with Crippen LogP contribution < -0.4 is 10.1 Å². The Labute approximate surface area is 164 Å². The number of aromatic nitrogens is 2. The second kappa shape index (κ2) is 7.43. The summed E-state index contributed by atoms with van der Waals surface area (Å²) in [5.74, 6) is 1.59. The lowest BCUT2D eigenvalue weighted by molar-refractivity contribution is 0.0962. The van der Waals surface area contributed by atoms with Gasteiger partial charge in [-0.05, 0) is 56.0 Å². The summed E-state index contributed by atoms with van der Waals surface area (Å²) >= 11 is 0. The summed E-state index contributed by atoms with van der Waals surface area (Å²) in [5, 5.41) is 3.23. The predicted octanol–water partition coefficient (Wildman–Crippen LogP) is 4.76. The highest BCUT2D eigenvalue weighted by molar-refractivity contribution is 5.99. The fourth-order valence-electron chi connectivity index (χ4n) is 3.71. The smallest absolute Gasteiger partial charge is 0.227 e. The van der Waals surface area contributed by atoms with Crippen molar-refractivity contribution in [3.63, 3.8) is 0 Å². The maximum absolute atomic E-state index is 12.8. The van der Waals surface area contributed by atoms with Crippen LogP contribution in [-0.4, -0.2) is 22.9 Å². The number of hydrogen-bond acceptors (Lipinski definition) is 5. The van der Waals surface area contributed by atoms with Gasteiger partial charge in [0.25, 0.3) is 0 Å². The van der Waals surface area contributed by atoms with E-state index in [0.717, 1.165) is 29.2 Å². The summed E-state index contributed by atoms with van der Waals surface area (Å²) in [6, 6.07) is 16.0. The quantitative estimate of drug-likeness (QED) is 0.714. The first-order valence-corrected chi connectivity index (χ1v) is 9.42. The number of Topliss-reactive ketones (excluding diaryl/α,β-unsaturated/α-hetero) is 1. The Kier molecular flexibility index (Phi) is 4.82. The molecule has 0 aliphatic heterocycles. The lowest BCUT2D eigenvalue weighted by Gasteiger charge is -2.24. The molecular weight excluding hydrogens is 350 g/mol. The van der Waals surface area contributed by atoms with E-state index in [1.807, 2.05) is 31.2 Å².